The summed E-state index contributed by atoms with van der Waals surface area (Å²) in [4.78, 5) is 56.3. The van der Waals surface area contributed by atoms with Crippen LogP contribution in [0.4, 0.5) is 18.9 Å². The van der Waals surface area contributed by atoms with Crippen molar-refractivity contribution in [3.8, 4) is 0 Å². The number of rotatable bonds is 11. The van der Waals surface area contributed by atoms with Crippen LogP contribution in [0.2, 0.25) is 0 Å². The number of hydrogen-bond acceptors (Lipinski definition) is 8. The fourth-order valence-corrected chi connectivity index (χ4v) is 6.27. The highest BCUT2D eigenvalue weighted by molar-refractivity contribution is 6.01. The lowest BCUT2D eigenvalue weighted by Crippen LogP contribution is -2.59. The number of piperazine rings is 1. The van der Waals surface area contributed by atoms with Crippen molar-refractivity contribution in [3.63, 3.8) is 0 Å². The summed E-state index contributed by atoms with van der Waals surface area (Å²) in [6.45, 7) is 9.06. The van der Waals surface area contributed by atoms with Gasteiger partial charge >= 0.3 is 5.92 Å². The van der Waals surface area contributed by atoms with Gasteiger partial charge in [-0.25, -0.2) is 9.02 Å². The van der Waals surface area contributed by atoms with Crippen molar-refractivity contribution in [3.05, 3.63) is 41.0 Å². The van der Waals surface area contributed by atoms with Gasteiger partial charge in [0, 0.05) is 38.5 Å². The first-order valence-electron chi connectivity index (χ1n) is 16.5. The van der Waals surface area contributed by atoms with Crippen molar-refractivity contribution in [1.29, 1.82) is 0 Å². The molecule has 0 unspecified atom stereocenters. The normalized spacial score (nSPS) is 22.4. The minimum absolute atomic E-state index is 0.00856. The lowest BCUT2D eigenvalue weighted by molar-refractivity contribution is -0.148. The molecule has 1 saturated heterocycles. The standard InChI is InChI=1S/C33H46F3N7O5/c1-7-24-28(41-48-40-24)30(45)38-27(21-10-8-18(2)9-11-21)29(44)37-25-13-12-22(16-23(25)34)20(4)26(39-32(47)33(5,35)36)31(46)43-15-14-42(6)19(3)17-43/h12-13,16,18-21,26-27H,7-11,14-15,17H2,1-6H3,(H,37,44)(H,38,45)(H,39,47)/t18-,19-,20+,21-,26-,27+/m1/s1. The van der Waals surface area contributed by atoms with Gasteiger partial charge < -0.3 is 25.8 Å². The molecule has 0 radical (unpaired) electrons. The summed E-state index contributed by atoms with van der Waals surface area (Å²) in [6.07, 6.45) is 3.49. The minimum Gasteiger partial charge on any atom is -0.339 e. The maximum absolute atomic E-state index is 15.6. The first-order chi connectivity index (χ1) is 22.6. The van der Waals surface area contributed by atoms with E-state index in [9.17, 15) is 28.0 Å². The van der Waals surface area contributed by atoms with Gasteiger partial charge in [-0.3, -0.25) is 19.2 Å². The molecule has 2 aromatic rings. The number of hydrogen-bond donors (Lipinski definition) is 3. The second kappa shape index (κ2) is 15.5. The molecule has 2 fully saturated rings. The van der Waals surface area contributed by atoms with Crippen LogP contribution in [0.5, 0.6) is 0 Å². The largest absolute Gasteiger partial charge is 0.339 e. The van der Waals surface area contributed by atoms with E-state index in [1.165, 1.54) is 17.0 Å². The summed E-state index contributed by atoms with van der Waals surface area (Å²) in [5, 5.41) is 15.0. The number of amides is 4. The fraction of sp³-hybridized carbons (Fsp3) is 0.636. The van der Waals surface area contributed by atoms with E-state index in [1.807, 2.05) is 14.0 Å². The Balaban J connectivity index is 1.55. The van der Waals surface area contributed by atoms with E-state index in [0.29, 0.717) is 57.4 Å². The van der Waals surface area contributed by atoms with E-state index in [-0.39, 0.29) is 28.9 Å². The Bertz CT molecular complexity index is 1470. The number of halogens is 3. The van der Waals surface area contributed by atoms with Gasteiger partial charge in [-0.15, -0.1) is 0 Å². The molecular weight excluding hydrogens is 631 g/mol. The minimum atomic E-state index is -3.74. The smallest absolute Gasteiger partial charge is 0.321 e. The summed E-state index contributed by atoms with van der Waals surface area (Å²) >= 11 is 0. The number of nitrogens with zero attached hydrogens (tertiary/aromatic N) is 4. The third kappa shape index (κ3) is 8.71. The molecule has 2 heterocycles. The molecule has 4 amide bonds. The van der Waals surface area contributed by atoms with Crippen molar-refractivity contribution in [2.24, 2.45) is 11.8 Å². The van der Waals surface area contributed by atoms with Gasteiger partial charge in [0.25, 0.3) is 11.8 Å². The predicted octanol–water partition coefficient (Wildman–Crippen LogP) is 3.74. The monoisotopic (exact) mass is 677 g/mol. The van der Waals surface area contributed by atoms with Crippen molar-refractivity contribution in [2.75, 3.05) is 32.0 Å². The van der Waals surface area contributed by atoms with Crippen LogP contribution < -0.4 is 16.0 Å². The van der Waals surface area contributed by atoms with Gasteiger partial charge in [-0.05, 0) is 67.9 Å². The van der Waals surface area contributed by atoms with E-state index < -0.39 is 53.4 Å². The SMILES string of the molecule is CCc1nonc1C(=O)N[C@H](C(=O)Nc1ccc([C@H](C)[C@@H](NC(=O)C(C)(F)F)C(=O)N2CCN(C)[C@H](C)C2)cc1F)[C@H]1CC[C@H](C)CC1. The molecule has 48 heavy (non-hydrogen) atoms. The van der Waals surface area contributed by atoms with E-state index in [1.54, 1.807) is 13.8 Å². The number of nitrogens with one attached hydrogen (secondary N) is 3. The van der Waals surface area contributed by atoms with Gasteiger partial charge in [0.15, 0.2) is 5.69 Å². The average Bonchev–Trinajstić information content (AvgIpc) is 3.53. The zero-order valence-corrected chi connectivity index (χ0v) is 28.3. The Morgan fingerprint density at radius 1 is 1.06 bits per heavy atom. The van der Waals surface area contributed by atoms with Crippen LogP contribution in [-0.2, 0) is 20.8 Å². The summed E-state index contributed by atoms with van der Waals surface area (Å²) in [5.41, 5.74) is 0.406. The Morgan fingerprint density at radius 2 is 1.75 bits per heavy atom. The zero-order valence-electron chi connectivity index (χ0n) is 28.3. The molecule has 1 aliphatic carbocycles. The molecule has 0 spiro atoms. The van der Waals surface area contributed by atoms with Gasteiger partial charge in [-0.2, -0.15) is 8.78 Å². The Kier molecular flexibility index (Phi) is 11.9. The quantitative estimate of drug-likeness (QED) is 0.326. The maximum Gasteiger partial charge on any atom is 0.321 e. The number of likely N-dealkylation sites (N-methyl/N-ethyl adjacent to an activating group) is 1. The first-order valence-corrected chi connectivity index (χ1v) is 16.5. The van der Waals surface area contributed by atoms with Gasteiger partial charge in [0.1, 0.15) is 23.6 Å². The van der Waals surface area contributed by atoms with Crippen molar-refractivity contribution in [1.82, 2.24) is 30.7 Å². The topological polar surface area (TPSA) is 150 Å². The summed E-state index contributed by atoms with van der Waals surface area (Å²) in [7, 11) is 1.91. The lowest BCUT2D eigenvalue weighted by Gasteiger charge is -2.40. The molecule has 1 aromatic carbocycles. The molecule has 15 heteroatoms. The van der Waals surface area contributed by atoms with Crippen LogP contribution >= 0.6 is 0 Å². The highest BCUT2D eigenvalue weighted by atomic mass is 19.3. The number of carbonyl (C=O) groups excluding carboxylic acids is 4. The third-order valence-corrected chi connectivity index (χ3v) is 9.71. The van der Waals surface area contributed by atoms with Crippen molar-refractivity contribution < 1.29 is 37.0 Å². The molecule has 12 nitrogen and oxygen atoms in total. The van der Waals surface area contributed by atoms with Crippen LogP contribution in [0, 0.1) is 17.7 Å². The zero-order chi connectivity index (χ0) is 35.3. The van der Waals surface area contributed by atoms with Crippen LogP contribution in [0.15, 0.2) is 22.8 Å². The summed E-state index contributed by atoms with van der Waals surface area (Å²) in [5.74, 6) is -8.62. The molecule has 1 saturated carbocycles. The average molecular weight is 678 g/mol. The number of benzene rings is 1. The van der Waals surface area contributed by atoms with E-state index >= 15 is 4.39 Å². The van der Waals surface area contributed by atoms with E-state index in [4.69, 9.17) is 4.63 Å². The van der Waals surface area contributed by atoms with E-state index in [2.05, 4.69) is 38.1 Å². The second-order valence-electron chi connectivity index (χ2n) is 13.4. The molecular formula is C33H46F3N7O5. The summed E-state index contributed by atoms with van der Waals surface area (Å²) < 4.78 is 48.2. The summed E-state index contributed by atoms with van der Waals surface area (Å²) in [6, 6.07) is 1.50. The fourth-order valence-electron chi connectivity index (χ4n) is 6.27. The van der Waals surface area contributed by atoms with Crippen LogP contribution in [0.25, 0.3) is 0 Å². The van der Waals surface area contributed by atoms with Crippen molar-refractivity contribution >= 4 is 29.3 Å². The third-order valence-electron chi connectivity index (χ3n) is 9.71. The number of alkyl halides is 2. The number of carbonyl (C=O) groups is 4. The molecule has 3 N–H and O–H groups in total. The van der Waals surface area contributed by atoms with Gasteiger partial charge in [0.05, 0.1) is 5.69 Å². The molecule has 264 valence electrons. The highest BCUT2D eigenvalue weighted by Gasteiger charge is 2.40. The maximum atomic E-state index is 15.6. The van der Waals surface area contributed by atoms with Crippen LogP contribution in [-0.4, -0.2) is 94.5 Å². The molecule has 1 aliphatic heterocycles. The highest BCUT2D eigenvalue weighted by Crippen LogP contribution is 2.32. The first kappa shape index (κ1) is 36.8. The van der Waals surface area contributed by atoms with Gasteiger partial charge in [0.2, 0.25) is 11.8 Å². The van der Waals surface area contributed by atoms with Gasteiger partial charge in [-0.1, -0.05) is 44.8 Å². The number of anilines is 1. The predicted molar refractivity (Wildman–Crippen MR) is 171 cm³/mol. The Labute approximate surface area is 278 Å². The Morgan fingerprint density at radius 3 is 2.35 bits per heavy atom. The van der Waals surface area contributed by atoms with E-state index in [0.717, 1.165) is 18.9 Å². The van der Waals surface area contributed by atoms with Crippen LogP contribution in [0.3, 0.4) is 0 Å². The number of aromatic nitrogens is 2. The molecule has 4 atom stereocenters. The molecule has 2 aliphatic rings. The molecule has 0 bridgehead atoms. The lowest BCUT2D eigenvalue weighted by atomic mass is 9.79. The second-order valence-corrected chi connectivity index (χ2v) is 13.4. The molecule has 4 rings (SSSR count). The Hall–Kier alpha value is -4.01. The molecule has 1 aromatic heterocycles. The van der Waals surface area contributed by atoms with Crippen LogP contribution in [0.1, 0.15) is 88.0 Å². The van der Waals surface area contributed by atoms with Crippen molar-refractivity contribution in [2.45, 2.75) is 96.7 Å². The number of aryl methyl sites for hydroxylation is 1.